The zero-order valence-electron chi connectivity index (χ0n) is 62.0. The molecule has 0 amide bonds. The lowest BCUT2D eigenvalue weighted by atomic mass is 9.99. The van der Waals surface area contributed by atoms with Crippen LogP contribution in [0.2, 0.25) is 0 Å². The van der Waals surface area contributed by atoms with Crippen molar-refractivity contribution in [1.82, 2.24) is 0 Å². The van der Waals surface area contributed by atoms with E-state index < -0.39 is 97.5 Å². The molecule has 0 rings (SSSR count). The second-order valence-electron chi connectivity index (χ2n) is 27.9. The van der Waals surface area contributed by atoms with E-state index in [1.807, 2.05) is 0 Å². The summed E-state index contributed by atoms with van der Waals surface area (Å²) in [6, 6.07) is 0. The summed E-state index contributed by atoms with van der Waals surface area (Å²) in [6.45, 7) is 9.62. The van der Waals surface area contributed by atoms with E-state index in [1.54, 1.807) is 0 Å². The summed E-state index contributed by atoms with van der Waals surface area (Å²) < 4.78 is 68.5. The minimum absolute atomic E-state index is 0.106. The molecule has 0 fully saturated rings. The molecule has 4 unspecified atom stereocenters. The van der Waals surface area contributed by atoms with Gasteiger partial charge in [0.05, 0.1) is 26.4 Å². The summed E-state index contributed by atoms with van der Waals surface area (Å²) in [5.74, 6) is -0.505. The number of aliphatic hydroxyl groups excluding tert-OH is 1. The number of unbranched alkanes of at least 4 members (excludes halogenated alkanes) is 43. The van der Waals surface area contributed by atoms with Gasteiger partial charge in [-0.2, -0.15) is 0 Å². The zero-order valence-corrected chi connectivity index (χ0v) is 63.8. The molecule has 0 bridgehead atoms. The summed E-state index contributed by atoms with van der Waals surface area (Å²) >= 11 is 0. The molecule has 17 nitrogen and oxygen atoms in total. The van der Waals surface area contributed by atoms with Gasteiger partial charge in [-0.15, -0.1) is 0 Å². The van der Waals surface area contributed by atoms with Crippen LogP contribution in [0, 0.1) is 11.8 Å². The quantitative estimate of drug-likeness (QED) is 0.0222. The molecule has 0 aliphatic carbocycles. The Balaban J connectivity index is 5.21. The molecule has 7 atom stereocenters. The number of rotatable bonds is 75. The van der Waals surface area contributed by atoms with Crippen molar-refractivity contribution in [2.45, 2.75) is 413 Å². The standard InChI is InChI=1S/C76H148O17P2/c1-7-11-13-15-17-19-20-21-22-23-24-25-26-27-28-36-42-48-54-60-75(80)93-72(65-87-74(79)59-53-47-41-35-31-29-33-38-44-50-56-68(5)9-3)67-91-95(84,85)89-63-70(77)62-88-94(82,83)90-66-71(64-86-73(78)58-52-46-40-18-16-14-12-8-2)92-76(81)61-55-49-43-37-32-30-34-39-45-51-57-69(6)10-4/h68-72,77H,7-67H2,1-6H3,(H,82,83)(H,84,85)/t68?,69?,70-,71+,72+/m0/s1. The Morgan fingerprint density at radius 2 is 0.505 bits per heavy atom. The maximum atomic E-state index is 13.1. The van der Waals surface area contributed by atoms with Crippen LogP contribution in [0.1, 0.15) is 395 Å². The van der Waals surface area contributed by atoms with Gasteiger partial charge in [0.1, 0.15) is 19.3 Å². The highest BCUT2D eigenvalue weighted by Gasteiger charge is 2.30. The number of phosphoric acid groups is 2. The van der Waals surface area contributed by atoms with Crippen molar-refractivity contribution in [3.63, 3.8) is 0 Å². The lowest BCUT2D eigenvalue weighted by molar-refractivity contribution is -0.161. The number of phosphoric ester groups is 2. The molecule has 0 aromatic rings. The van der Waals surface area contributed by atoms with Crippen LogP contribution in [-0.2, 0) is 65.4 Å². The van der Waals surface area contributed by atoms with Crippen LogP contribution in [0.25, 0.3) is 0 Å². The highest BCUT2D eigenvalue weighted by Crippen LogP contribution is 2.45. The van der Waals surface area contributed by atoms with Crippen molar-refractivity contribution < 1.29 is 80.2 Å². The van der Waals surface area contributed by atoms with Gasteiger partial charge in [0, 0.05) is 25.7 Å². The zero-order chi connectivity index (χ0) is 70.0. The van der Waals surface area contributed by atoms with Crippen molar-refractivity contribution in [2.75, 3.05) is 39.6 Å². The van der Waals surface area contributed by atoms with E-state index in [-0.39, 0.29) is 25.7 Å². The number of esters is 4. The first-order valence-electron chi connectivity index (χ1n) is 39.6. The third kappa shape index (κ3) is 67.6. The Hall–Kier alpha value is -1.94. The van der Waals surface area contributed by atoms with Gasteiger partial charge in [-0.3, -0.25) is 37.3 Å². The Morgan fingerprint density at radius 3 is 0.747 bits per heavy atom. The molecule has 0 heterocycles. The minimum Gasteiger partial charge on any atom is -0.462 e. The maximum Gasteiger partial charge on any atom is 0.472 e. The molecule has 19 heteroatoms. The smallest absolute Gasteiger partial charge is 0.462 e. The van der Waals surface area contributed by atoms with Crippen molar-refractivity contribution in [1.29, 1.82) is 0 Å². The molecule has 0 aliphatic rings. The van der Waals surface area contributed by atoms with Crippen molar-refractivity contribution >= 4 is 39.5 Å². The molecule has 0 radical (unpaired) electrons. The van der Waals surface area contributed by atoms with Gasteiger partial charge in [0.15, 0.2) is 12.2 Å². The van der Waals surface area contributed by atoms with E-state index in [0.717, 1.165) is 108 Å². The number of aliphatic hydroxyl groups is 1. The molecule has 0 aromatic carbocycles. The fraction of sp³-hybridized carbons (Fsp3) is 0.947. The summed E-state index contributed by atoms with van der Waals surface area (Å²) in [6.07, 6.45) is 55.4. The Kier molecular flexibility index (Phi) is 66.5. The molecule has 0 saturated heterocycles. The summed E-state index contributed by atoms with van der Waals surface area (Å²) in [4.78, 5) is 72.7. The lowest BCUT2D eigenvalue weighted by Gasteiger charge is -2.21. The molecular formula is C76H148O17P2. The Bertz CT molecular complexity index is 1840. The third-order valence-electron chi connectivity index (χ3n) is 18.4. The van der Waals surface area contributed by atoms with Crippen LogP contribution >= 0.6 is 15.6 Å². The molecular weight excluding hydrogens is 1250 g/mol. The topological polar surface area (TPSA) is 237 Å². The first-order valence-corrected chi connectivity index (χ1v) is 42.6. The fourth-order valence-electron chi connectivity index (χ4n) is 11.6. The van der Waals surface area contributed by atoms with Crippen molar-refractivity contribution in [3.8, 4) is 0 Å². The molecule has 0 aromatic heterocycles. The van der Waals surface area contributed by atoms with Crippen molar-refractivity contribution in [3.05, 3.63) is 0 Å². The number of ether oxygens (including phenoxy) is 4. The van der Waals surface area contributed by atoms with Gasteiger partial charge >= 0.3 is 39.5 Å². The van der Waals surface area contributed by atoms with E-state index >= 15 is 0 Å². The van der Waals surface area contributed by atoms with Gasteiger partial charge in [0.25, 0.3) is 0 Å². The first kappa shape index (κ1) is 93.1. The third-order valence-corrected chi connectivity index (χ3v) is 20.3. The van der Waals surface area contributed by atoms with Crippen LogP contribution < -0.4 is 0 Å². The predicted molar refractivity (Wildman–Crippen MR) is 386 cm³/mol. The SMILES string of the molecule is CCCCCCCCCCCCCCCCCCCCCC(=O)O[C@H](COC(=O)CCCCCCCCCCCCC(C)CC)COP(=O)(O)OC[C@@H](O)COP(=O)(O)OC[C@@H](COC(=O)CCCCCCCCCC)OC(=O)CCCCCCCCCCCCC(C)CC. The van der Waals surface area contributed by atoms with Crippen LogP contribution in [0.5, 0.6) is 0 Å². The lowest BCUT2D eigenvalue weighted by Crippen LogP contribution is -2.30. The maximum absolute atomic E-state index is 13.1. The molecule has 3 N–H and O–H groups in total. The van der Waals surface area contributed by atoms with Crippen molar-refractivity contribution in [2.24, 2.45) is 11.8 Å². The van der Waals surface area contributed by atoms with E-state index in [4.69, 9.17) is 37.0 Å². The number of carbonyl (C=O) groups excluding carboxylic acids is 4. The second kappa shape index (κ2) is 67.9. The number of carbonyl (C=O) groups is 4. The van der Waals surface area contributed by atoms with Crippen LogP contribution in [-0.4, -0.2) is 96.7 Å². The fourth-order valence-corrected chi connectivity index (χ4v) is 13.2. The number of hydrogen-bond donors (Lipinski definition) is 3. The van der Waals surface area contributed by atoms with E-state index in [9.17, 15) is 43.2 Å². The highest BCUT2D eigenvalue weighted by atomic mass is 31.2. The van der Waals surface area contributed by atoms with Crippen LogP contribution in [0.15, 0.2) is 0 Å². The average molecular weight is 1400 g/mol. The average Bonchev–Trinajstić information content (AvgIpc) is 2.03. The molecule has 564 valence electrons. The summed E-state index contributed by atoms with van der Waals surface area (Å²) in [7, 11) is -9.91. The largest absolute Gasteiger partial charge is 0.472 e. The highest BCUT2D eigenvalue weighted by molar-refractivity contribution is 7.47. The normalized spacial score (nSPS) is 14.6. The van der Waals surface area contributed by atoms with Gasteiger partial charge in [-0.05, 0) is 37.5 Å². The summed E-state index contributed by atoms with van der Waals surface area (Å²) in [5, 5.41) is 10.6. The molecule has 95 heavy (non-hydrogen) atoms. The van der Waals surface area contributed by atoms with Crippen LogP contribution in [0.3, 0.4) is 0 Å². The monoisotopic (exact) mass is 1400 g/mol. The van der Waals surface area contributed by atoms with Gasteiger partial charge in [-0.1, -0.05) is 343 Å². The minimum atomic E-state index is -4.96. The first-order chi connectivity index (χ1) is 45.9. The molecule has 0 aliphatic heterocycles. The molecule has 0 saturated carbocycles. The van der Waals surface area contributed by atoms with Gasteiger partial charge in [0.2, 0.25) is 0 Å². The number of hydrogen-bond acceptors (Lipinski definition) is 15. The summed E-state index contributed by atoms with van der Waals surface area (Å²) in [5.41, 5.74) is 0. The van der Waals surface area contributed by atoms with Gasteiger partial charge < -0.3 is 33.8 Å². The van der Waals surface area contributed by atoms with Gasteiger partial charge in [-0.25, -0.2) is 9.13 Å². The van der Waals surface area contributed by atoms with E-state index in [1.165, 1.54) is 205 Å². The van der Waals surface area contributed by atoms with Crippen LogP contribution in [0.4, 0.5) is 0 Å². The van der Waals surface area contributed by atoms with E-state index in [2.05, 4.69) is 41.5 Å². The predicted octanol–water partition coefficient (Wildman–Crippen LogP) is 22.3. The Morgan fingerprint density at radius 1 is 0.295 bits per heavy atom. The Labute approximate surface area is 581 Å². The molecule has 0 spiro atoms. The van der Waals surface area contributed by atoms with E-state index in [0.29, 0.717) is 25.7 Å². The second-order valence-corrected chi connectivity index (χ2v) is 30.8.